The molecule has 13 heteroatoms. The predicted octanol–water partition coefficient (Wildman–Crippen LogP) is 8.02. The van der Waals surface area contributed by atoms with Gasteiger partial charge in [-0.05, 0) is 70.8 Å². The molecule has 4 aromatic rings. The first-order chi connectivity index (χ1) is 19.2. The number of alkyl halides is 6. The maximum Gasteiger partial charge on any atom is 0.419 e. The van der Waals surface area contributed by atoms with E-state index in [4.69, 9.17) is 0 Å². The fourth-order valence-corrected chi connectivity index (χ4v) is 3.97. The Morgan fingerprint density at radius 1 is 0.488 bits per heavy atom. The summed E-state index contributed by atoms with van der Waals surface area (Å²) >= 11 is 0. The average Bonchev–Trinajstić information content (AvgIpc) is 2.91. The number of hydrogen-bond donors (Lipinski definition) is 0. The largest absolute Gasteiger partial charge is 0.419 e. The van der Waals surface area contributed by atoms with Crippen LogP contribution in [0.3, 0.4) is 0 Å². The topological polar surface area (TPSA) is 40.6 Å². The van der Waals surface area contributed by atoms with Gasteiger partial charge in [0.1, 0.15) is 28.8 Å². The van der Waals surface area contributed by atoms with Crippen molar-refractivity contribution < 1.29 is 49.1 Å². The predicted molar refractivity (Wildman–Crippen MR) is 131 cm³/mol. The number of carbonyl (C=O) groups is 2. The summed E-state index contributed by atoms with van der Waals surface area (Å²) in [5.41, 5.74) is -3.32. The van der Waals surface area contributed by atoms with Crippen LogP contribution >= 0.6 is 0 Å². The molecule has 0 aliphatic heterocycles. The zero-order valence-electron chi connectivity index (χ0n) is 20.3. The lowest BCUT2D eigenvalue weighted by atomic mass is 10.0. The highest BCUT2D eigenvalue weighted by Gasteiger charge is 2.34. The van der Waals surface area contributed by atoms with Crippen LogP contribution in [-0.2, 0) is 21.9 Å². The first kappa shape index (κ1) is 29.2. The molecule has 4 aromatic carbocycles. The van der Waals surface area contributed by atoms with Gasteiger partial charge in [0, 0.05) is 0 Å². The summed E-state index contributed by atoms with van der Waals surface area (Å²) in [4.78, 5) is 23.7. The smallest absolute Gasteiger partial charge is 0.276 e. The molecule has 212 valence electrons. The molecule has 41 heavy (non-hydrogen) atoms. The standard InChI is InChI=1S/C28H15F9N2O2/c29-22-11-18(3-8-21(22)28(35,36)37)19-5-10-26(24(31)13-19)39(15-41)38(14-40)25-9-4-17(12-23(25)30)16-1-6-20(7-2-16)27(32,33)34/h1-15H. The van der Waals surface area contributed by atoms with Gasteiger partial charge in [0.05, 0.1) is 11.1 Å². The molecule has 0 spiro atoms. The number of nitrogens with zero attached hydrogens (tertiary/aromatic N) is 2. The fourth-order valence-electron chi connectivity index (χ4n) is 3.97. The lowest BCUT2D eigenvalue weighted by Gasteiger charge is -2.29. The van der Waals surface area contributed by atoms with Crippen molar-refractivity contribution in [3.05, 3.63) is 107 Å². The molecular formula is C28H15F9N2O2. The van der Waals surface area contributed by atoms with Crippen LogP contribution < -0.4 is 10.0 Å². The summed E-state index contributed by atoms with van der Waals surface area (Å²) in [5, 5.41) is 0.838. The molecule has 0 aromatic heterocycles. The van der Waals surface area contributed by atoms with Gasteiger partial charge in [-0.1, -0.05) is 30.3 Å². The number of anilines is 2. The van der Waals surface area contributed by atoms with Gasteiger partial charge in [0.25, 0.3) is 0 Å². The number of amides is 2. The zero-order chi connectivity index (χ0) is 30.1. The van der Waals surface area contributed by atoms with Gasteiger partial charge >= 0.3 is 12.4 Å². The maximum absolute atomic E-state index is 15.1. The summed E-state index contributed by atoms with van der Waals surface area (Å²) in [6.07, 6.45) is -9.51. The van der Waals surface area contributed by atoms with Crippen LogP contribution in [-0.4, -0.2) is 12.8 Å². The molecule has 4 rings (SSSR count). The lowest BCUT2D eigenvalue weighted by molar-refractivity contribution is -0.140. The molecule has 0 saturated heterocycles. The summed E-state index contributed by atoms with van der Waals surface area (Å²) < 4.78 is 121. The Labute approximate surface area is 225 Å². The molecule has 0 aliphatic carbocycles. The van der Waals surface area contributed by atoms with E-state index in [0.29, 0.717) is 22.2 Å². The van der Waals surface area contributed by atoms with Gasteiger partial charge in [-0.15, -0.1) is 0 Å². The minimum atomic E-state index is -4.94. The molecule has 0 aliphatic rings. The molecule has 0 unspecified atom stereocenters. The summed E-state index contributed by atoms with van der Waals surface area (Å²) in [5.74, 6) is -3.83. The van der Waals surface area contributed by atoms with Gasteiger partial charge in [0.15, 0.2) is 0 Å². The van der Waals surface area contributed by atoms with Crippen molar-refractivity contribution >= 4 is 24.2 Å². The van der Waals surface area contributed by atoms with Gasteiger partial charge in [-0.3, -0.25) is 9.59 Å². The molecule has 4 nitrogen and oxygen atoms in total. The zero-order valence-corrected chi connectivity index (χ0v) is 20.3. The van der Waals surface area contributed by atoms with Gasteiger partial charge in [-0.25, -0.2) is 23.2 Å². The number of carbonyl (C=O) groups excluding carboxylic acids is 2. The Morgan fingerprint density at radius 2 is 0.878 bits per heavy atom. The molecule has 0 N–H and O–H groups in total. The van der Waals surface area contributed by atoms with Crippen LogP contribution in [0.1, 0.15) is 11.1 Å². The third kappa shape index (κ3) is 6.03. The van der Waals surface area contributed by atoms with E-state index in [1.54, 1.807) is 0 Å². The quantitative estimate of drug-likeness (QED) is 0.126. The Kier molecular flexibility index (Phi) is 7.82. The molecule has 0 saturated carbocycles. The van der Waals surface area contributed by atoms with Crippen LogP contribution in [0.5, 0.6) is 0 Å². The minimum absolute atomic E-state index is 0.00318. The molecule has 0 atom stereocenters. The van der Waals surface area contributed by atoms with E-state index < -0.39 is 52.3 Å². The molecule has 0 heterocycles. The number of rotatable bonds is 7. The second-order valence-corrected chi connectivity index (χ2v) is 8.50. The van der Waals surface area contributed by atoms with Crippen molar-refractivity contribution in [3.8, 4) is 22.3 Å². The van der Waals surface area contributed by atoms with Crippen molar-refractivity contribution in [2.45, 2.75) is 12.4 Å². The SMILES string of the molecule is O=CN(c1ccc(-c2ccc(C(F)(F)F)cc2)cc1F)N(C=O)c1ccc(-c2ccc(C(F)(F)F)c(F)c2)cc1F. The van der Waals surface area contributed by atoms with E-state index in [1.807, 2.05) is 0 Å². The fraction of sp³-hybridized carbons (Fsp3) is 0.0714. The van der Waals surface area contributed by atoms with E-state index in [9.17, 15) is 40.3 Å². The Bertz CT molecular complexity index is 1600. The normalized spacial score (nSPS) is 11.7. The van der Waals surface area contributed by atoms with Crippen molar-refractivity contribution in [2.24, 2.45) is 0 Å². The van der Waals surface area contributed by atoms with E-state index in [1.165, 1.54) is 6.07 Å². The third-order valence-corrected chi connectivity index (χ3v) is 5.97. The van der Waals surface area contributed by atoms with Crippen molar-refractivity contribution in [3.63, 3.8) is 0 Å². The maximum atomic E-state index is 15.1. The van der Waals surface area contributed by atoms with Crippen LogP contribution in [0.25, 0.3) is 22.3 Å². The van der Waals surface area contributed by atoms with Crippen LogP contribution in [0.2, 0.25) is 0 Å². The van der Waals surface area contributed by atoms with Crippen LogP contribution in [0, 0.1) is 17.5 Å². The third-order valence-electron chi connectivity index (χ3n) is 5.97. The summed E-state index contributed by atoms with van der Waals surface area (Å²) in [6, 6.07) is 11.9. The number of halogens is 9. The van der Waals surface area contributed by atoms with E-state index in [0.717, 1.165) is 60.7 Å². The molecule has 0 radical (unpaired) electrons. The van der Waals surface area contributed by atoms with E-state index >= 15 is 8.78 Å². The average molecular weight is 582 g/mol. The summed E-state index contributed by atoms with van der Waals surface area (Å²) in [6.45, 7) is 0. The monoisotopic (exact) mass is 582 g/mol. The second-order valence-electron chi connectivity index (χ2n) is 8.50. The van der Waals surface area contributed by atoms with Gasteiger partial charge in [0.2, 0.25) is 12.8 Å². The lowest BCUT2D eigenvalue weighted by Crippen LogP contribution is -2.42. The van der Waals surface area contributed by atoms with Crippen LogP contribution in [0.4, 0.5) is 50.9 Å². The number of benzene rings is 4. The Balaban J connectivity index is 1.64. The molecule has 2 amide bonds. The molecule has 0 bridgehead atoms. The van der Waals surface area contributed by atoms with Gasteiger partial charge < -0.3 is 0 Å². The number of hydrazine groups is 1. The van der Waals surface area contributed by atoms with Crippen LogP contribution in [0.15, 0.2) is 78.9 Å². The molecule has 0 fully saturated rings. The Hall–Kier alpha value is -4.81. The van der Waals surface area contributed by atoms with Crippen molar-refractivity contribution in [1.29, 1.82) is 0 Å². The Morgan fingerprint density at radius 3 is 1.24 bits per heavy atom. The highest BCUT2D eigenvalue weighted by atomic mass is 19.4. The van der Waals surface area contributed by atoms with E-state index in [2.05, 4.69) is 0 Å². The van der Waals surface area contributed by atoms with Crippen molar-refractivity contribution in [1.82, 2.24) is 0 Å². The highest BCUT2D eigenvalue weighted by Crippen LogP contribution is 2.36. The highest BCUT2D eigenvalue weighted by molar-refractivity contribution is 5.91. The van der Waals surface area contributed by atoms with Crippen molar-refractivity contribution in [2.75, 3.05) is 10.0 Å². The van der Waals surface area contributed by atoms with Gasteiger partial charge in [-0.2, -0.15) is 26.3 Å². The van der Waals surface area contributed by atoms with E-state index in [-0.39, 0.29) is 35.1 Å². The molecular weight excluding hydrogens is 567 g/mol. The second kappa shape index (κ2) is 11.0. The first-order valence-electron chi connectivity index (χ1n) is 11.4. The first-order valence-corrected chi connectivity index (χ1v) is 11.4. The number of hydrogen-bond acceptors (Lipinski definition) is 2. The minimum Gasteiger partial charge on any atom is -0.276 e. The summed E-state index contributed by atoms with van der Waals surface area (Å²) in [7, 11) is 0.